The molecule has 0 spiro atoms. The molecule has 1 N–H and O–H groups in total. The average Bonchev–Trinajstić information content (AvgIpc) is 2.85. The SMILES string of the molecule is CC(C)N(CCNS(=O)(=O)Cc1ccccc1)C(=O)c1ccccc1C(=O)c1ccc(C(F)(F)F)cc1. The normalized spacial score (nSPS) is 11.9. The van der Waals surface area contributed by atoms with Crippen LogP contribution in [0, 0.1) is 0 Å². The van der Waals surface area contributed by atoms with Crippen molar-refractivity contribution < 1.29 is 31.2 Å². The lowest BCUT2D eigenvalue weighted by Gasteiger charge is -2.27. The minimum atomic E-state index is -4.53. The minimum absolute atomic E-state index is 0.0121. The Labute approximate surface area is 214 Å². The van der Waals surface area contributed by atoms with Crippen LogP contribution in [0.2, 0.25) is 0 Å². The number of sulfonamides is 1. The van der Waals surface area contributed by atoms with E-state index in [1.807, 2.05) is 0 Å². The summed E-state index contributed by atoms with van der Waals surface area (Å²) in [6.45, 7) is 3.54. The maximum Gasteiger partial charge on any atom is 0.416 e. The molecule has 0 aliphatic rings. The molecule has 0 aliphatic heterocycles. The number of carbonyl (C=O) groups is 2. The van der Waals surface area contributed by atoms with E-state index in [0.717, 1.165) is 24.3 Å². The van der Waals surface area contributed by atoms with E-state index in [9.17, 15) is 31.2 Å². The monoisotopic (exact) mass is 532 g/mol. The molecule has 196 valence electrons. The predicted molar refractivity (Wildman–Crippen MR) is 135 cm³/mol. The molecule has 0 unspecified atom stereocenters. The van der Waals surface area contributed by atoms with Crippen molar-refractivity contribution in [3.05, 3.63) is 107 Å². The highest BCUT2D eigenvalue weighted by Crippen LogP contribution is 2.29. The standard InChI is InChI=1S/C27H27F3N2O4S/c1-19(2)32(17-16-31-37(35,36)18-20-8-4-3-5-9-20)26(34)24-11-7-6-10-23(24)25(33)21-12-14-22(15-13-21)27(28,29)30/h3-15,19,31H,16-18H2,1-2H3. The first-order valence-electron chi connectivity index (χ1n) is 11.5. The van der Waals surface area contributed by atoms with Crippen LogP contribution >= 0.6 is 0 Å². The third-order valence-electron chi connectivity index (χ3n) is 5.63. The lowest BCUT2D eigenvalue weighted by atomic mass is 9.96. The number of nitrogens with one attached hydrogen (secondary N) is 1. The summed E-state index contributed by atoms with van der Waals surface area (Å²) in [6, 6.07) is 18.2. The van der Waals surface area contributed by atoms with Gasteiger partial charge in [-0.2, -0.15) is 13.2 Å². The van der Waals surface area contributed by atoms with Gasteiger partial charge in [0.05, 0.1) is 16.9 Å². The molecule has 3 aromatic carbocycles. The fourth-order valence-corrected chi connectivity index (χ4v) is 4.88. The van der Waals surface area contributed by atoms with Crippen molar-refractivity contribution in [2.24, 2.45) is 0 Å². The summed E-state index contributed by atoms with van der Waals surface area (Å²) in [5.74, 6) is -1.29. The topological polar surface area (TPSA) is 83.6 Å². The van der Waals surface area contributed by atoms with E-state index in [4.69, 9.17) is 0 Å². The van der Waals surface area contributed by atoms with E-state index in [-0.39, 0.29) is 41.6 Å². The highest BCUT2D eigenvalue weighted by atomic mass is 32.2. The maximum atomic E-state index is 13.4. The quantitative estimate of drug-likeness (QED) is 0.376. The summed E-state index contributed by atoms with van der Waals surface area (Å²) in [5.41, 5.74) is -0.120. The molecule has 0 heterocycles. The lowest BCUT2D eigenvalue weighted by Crippen LogP contribution is -2.43. The highest BCUT2D eigenvalue weighted by molar-refractivity contribution is 7.88. The van der Waals surface area contributed by atoms with Gasteiger partial charge in [0.25, 0.3) is 5.91 Å². The third-order valence-corrected chi connectivity index (χ3v) is 6.99. The molecule has 0 radical (unpaired) electrons. The molecule has 3 rings (SSSR count). The van der Waals surface area contributed by atoms with Crippen LogP contribution in [0.3, 0.4) is 0 Å². The zero-order valence-corrected chi connectivity index (χ0v) is 21.1. The number of hydrogen-bond acceptors (Lipinski definition) is 4. The van der Waals surface area contributed by atoms with Crippen LogP contribution in [0.1, 0.15) is 51.3 Å². The van der Waals surface area contributed by atoms with Gasteiger partial charge in [-0.15, -0.1) is 0 Å². The van der Waals surface area contributed by atoms with Gasteiger partial charge in [-0.05, 0) is 37.6 Å². The second-order valence-electron chi connectivity index (χ2n) is 8.68. The fourth-order valence-electron chi connectivity index (χ4n) is 3.75. The Kier molecular flexibility index (Phi) is 8.88. The second-order valence-corrected chi connectivity index (χ2v) is 10.5. The highest BCUT2D eigenvalue weighted by Gasteiger charge is 2.31. The zero-order valence-electron chi connectivity index (χ0n) is 20.3. The van der Waals surface area contributed by atoms with Gasteiger partial charge in [-0.25, -0.2) is 13.1 Å². The number of hydrogen-bond donors (Lipinski definition) is 1. The van der Waals surface area contributed by atoms with Crippen molar-refractivity contribution in [2.45, 2.75) is 31.8 Å². The van der Waals surface area contributed by atoms with Crippen molar-refractivity contribution in [3.8, 4) is 0 Å². The Morgan fingerprint density at radius 2 is 1.43 bits per heavy atom. The van der Waals surface area contributed by atoms with Gasteiger partial charge in [0, 0.05) is 30.3 Å². The number of nitrogens with zero attached hydrogens (tertiary/aromatic N) is 1. The predicted octanol–water partition coefficient (Wildman–Crippen LogP) is 4.91. The maximum absolute atomic E-state index is 13.4. The van der Waals surface area contributed by atoms with Gasteiger partial charge < -0.3 is 4.90 Å². The van der Waals surface area contributed by atoms with Gasteiger partial charge >= 0.3 is 6.18 Å². The van der Waals surface area contributed by atoms with Crippen LogP contribution in [0.25, 0.3) is 0 Å². The molecule has 0 atom stereocenters. The van der Waals surface area contributed by atoms with Crippen LogP contribution in [-0.2, 0) is 22.0 Å². The molecule has 0 aromatic heterocycles. The summed E-state index contributed by atoms with van der Waals surface area (Å²) in [7, 11) is -3.64. The van der Waals surface area contributed by atoms with E-state index >= 15 is 0 Å². The van der Waals surface area contributed by atoms with Crippen LogP contribution in [0.4, 0.5) is 13.2 Å². The van der Waals surface area contributed by atoms with Crippen LogP contribution < -0.4 is 4.72 Å². The Bertz CT molecular complexity index is 1340. The Morgan fingerprint density at radius 1 is 0.865 bits per heavy atom. The number of halogens is 3. The van der Waals surface area contributed by atoms with Gasteiger partial charge in [0.15, 0.2) is 5.78 Å². The number of carbonyl (C=O) groups excluding carboxylic acids is 2. The number of benzene rings is 3. The van der Waals surface area contributed by atoms with Crippen molar-refractivity contribution >= 4 is 21.7 Å². The average molecular weight is 533 g/mol. The van der Waals surface area contributed by atoms with Gasteiger partial charge in [-0.1, -0.05) is 60.7 Å². The molecule has 1 amide bonds. The molecular weight excluding hydrogens is 505 g/mol. The molecule has 0 aliphatic carbocycles. The second kappa shape index (κ2) is 11.7. The first-order chi connectivity index (χ1) is 17.4. The summed E-state index contributed by atoms with van der Waals surface area (Å²) < 4.78 is 66.0. The molecule has 0 bridgehead atoms. The molecule has 0 saturated carbocycles. The largest absolute Gasteiger partial charge is 0.416 e. The minimum Gasteiger partial charge on any atom is -0.335 e. The number of rotatable bonds is 10. The van der Waals surface area contributed by atoms with E-state index in [2.05, 4.69) is 4.72 Å². The van der Waals surface area contributed by atoms with E-state index in [1.165, 1.54) is 17.0 Å². The number of amides is 1. The van der Waals surface area contributed by atoms with Crippen LogP contribution in [0.15, 0.2) is 78.9 Å². The molecule has 3 aromatic rings. The van der Waals surface area contributed by atoms with Crippen molar-refractivity contribution in [3.63, 3.8) is 0 Å². The van der Waals surface area contributed by atoms with Gasteiger partial charge in [0.1, 0.15) is 0 Å². The van der Waals surface area contributed by atoms with Crippen molar-refractivity contribution in [1.82, 2.24) is 9.62 Å². The lowest BCUT2D eigenvalue weighted by molar-refractivity contribution is -0.137. The molecule has 10 heteroatoms. The molecule has 0 saturated heterocycles. The van der Waals surface area contributed by atoms with E-state index in [0.29, 0.717) is 5.56 Å². The molecular formula is C27H27F3N2O4S. The summed E-state index contributed by atoms with van der Waals surface area (Å²) >= 11 is 0. The molecule has 0 fully saturated rings. The summed E-state index contributed by atoms with van der Waals surface area (Å²) in [4.78, 5) is 28.0. The smallest absolute Gasteiger partial charge is 0.335 e. The number of alkyl halides is 3. The fraction of sp³-hybridized carbons (Fsp3) is 0.259. The van der Waals surface area contributed by atoms with E-state index < -0.39 is 33.5 Å². The first-order valence-corrected chi connectivity index (χ1v) is 13.2. The Morgan fingerprint density at radius 3 is 2.00 bits per heavy atom. The molecule has 37 heavy (non-hydrogen) atoms. The van der Waals surface area contributed by atoms with Crippen molar-refractivity contribution in [2.75, 3.05) is 13.1 Å². The molecule has 6 nitrogen and oxygen atoms in total. The summed E-state index contributed by atoms with van der Waals surface area (Å²) in [5, 5.41) is 0. The van der Waals surface area contributed by atoms with Gasteiger partial charge in [0.2, 0.25) is 10.0 Å². The number of ketones is 1. The third kappa shape index (κ3) is 7.50. The van der Waals surface area contributed by atoms with Crippen LogP contribution in [-0.4, -0.2) is 44.1 Å². The Hall–Kier alpha value is -3.50. The Balaban J connectivity index is 1.75. The summed E-state index contributed by atoms with van der Waals surface area (Å²) in [6.07, 6.45) is -4.53. The van der Waals surface area contributed by atoms with Crippen molar-refractivity contribution in [1.29, 1.82) is 0 Å². The first kappa shape index (κ1) is 28.1. The van der Waals surface area contributed by atoms with Gasteiger partial charge in [-0.3, -0.25) is 9.59 Å². The van der Waals surface area contributed by atoms with Crippen LogP contribution in [0.5, 0.6) is 0 Å². The van der Waals surface area contributed by atoms with E-state index in [1.54, 1.807) is 56.3 Å². The zero-order chi connectivity index (χ0) is 27.2.